The summed E-state index contributed by atoms with van der Waals surface area (Å²) in [6.45, 7) is -2.52. The highest BCUT2D eigenvalue weighted by atomic mass is 79.9. The van der Waals surface area contributed by atoms with Crippen molar-refractivity contribution >= 4 is 11.6 Å². The lowest BCUT2D eigenvalue weighted by molar-refractivity contribution is -0.773. The Kier molecular flexibility index (Phi) is 4.52. The van der Waals surface area contributed by atoms with Crippen LogP contribution in [-0.2, 0) is 0 Å². The van der Waals surface area contributed by atoms with Gasteiger partial charge in [0.2, 0.25) is 0 Å². The average Bonchev–Trinajstić information content (AvgIpc) is 1.88. The zero-order valence-electron chi connectivity index (χ0n) is 5.35. The molecule has 5 heteroatoms. The molecular formula is C6H5BrClF2N. The van der Waals surface area contributed by atoms with Crippen LogP contribution < -0.4 is 21.5 Å². The second-order valence-corrected chi connectivity index (χ2v) is 2.18. The molecule has 62 valence electrons. The fourth-order valence-corrected chi connectivity index (χ4v) is 0.770. The Bertz CT molecular complexity index is 232. The topological polar surface area (TPSA) is 3.88 Å². The third-order valence-electron chi connectivity index (χ3n) is 1.01. The van der Waals surface area contributed by atoms with E-state index >= 15 is 0 Å². The number of pyridine rings is 1. The van der Waals surface area contributed by atoms with Gasteiger partial charge in [-0.15, -0.1) is 13.3 Å². The zero-order valence-corrected chi connectivity index (χ0v) is 7.69. The number of halogens is 4. The predicted octanol–water partition coefficient (Wildman–Crippen LogP) is -0.973. The summed E-state index contributed by atoms with van der Waals surface area (Å²) in [4.78, 5) is 0. The van der Waals surface area contributed by atoms with E-state index in [0.717, 1.165) is 4.57 Å². The quantitative estimate of drug-likeness (QED) is 0.560. The Labute approximate surface area is 78.4 Å². The SMILES string of the molecule is FC(F)[n+]1cccc(Cl)c1.[Br-]. The van der Waals surface area contributed by atoms with E-state index in [1.807, 2.05) is 0 Å². The van der Waals surface area contributed by atoms with Crippen molar-refractivity contribution in [3.63, 3.8) is 0 Å². The molecule has 0 aromatic carbocycles. The number of nitrogens with zero attached hydrogens (tertiary/aromatic N) is 1. The number of aromatic nitrogens is 1. The summed E-state index contributed by atoms with van der Waals surface area (Å²) in [6.07, 6.45) is 2.43. The van der Waals surface area contributed by atoms with Gasteiger partial charge in [-0.3, -0.25) is 0 Å². The Morgan fingerprint density at radius 3 is 2.45 bits per heavy atom. The lowest BCUT2D eigenvalue weighted by Crippen LogP contribution is -3.00. The molecule has 1 aromatic rings. The Balaban J connectivity index is 0.000001000. The fourth-order valence-electron chi connectivity index (χ4n) is 0.584. The highest BCUT2D eigenvalue weighted by Gasteiger charge is 2.12. The highest BCUT2D eigenvalue weighted by Crippen LogP contribution is 2.05. The lowest BCUT2D eigenvalue weighted by atomic mass is 10.5. The summed E-state index contributed by atoms with van der Waals surface area (Å²) < 4.78 is 24.4. The predicted molar refractivity (Wildman–Crippen MR) is 32.9 cm³/mol. The van der Waals surface area contributed by atoms with Crippen LogP contribution in [0.1, 0.15) is 6.55 Å². The van der Waals surface area contributed by atoms with Crippen LogP contribution in [0.15, 0.2) is 24.5 Å². The molecule has 0 aliphatic rings. The molecule has 11 heavy (non-hydrogen) atoms. The summed E-state index contributed by atoms with van der Waals surface area (Å²) in [5.74, 6) is 0. The van der Waals surface area contributed by atoms with Crippen LogP contribution in [0.2, 0.25) is 5.02 Å². The van der Waals surface area contributed by atoms with Gasteiger partial charge in [0.25, 0.3) is 0 Å². The van der Waals surface area contributed by atoms with Crippen molar-refractivity contribution in [2.24, 2.45) is 0 Å². The summed E-state index contributed by atoms with van der Waals surface area (Å²) in [5.41, 5.74) is 0. The fraction of sp³-hybridized carbons (Fsp3) is 0.167. The summed E-state index contributed by atoms with van der Waals surface area (Å²) in [5, 5.41) is 0.308. The minimum atomic E-state index is -2.52. The van der Waals surface area contributed by atoms with Gasteiger partial charge in [0.1, 0.15) is 5.02 Å². The zero-order chi connectivity index (χ0) is 7.56. The van der Waals surface area contributed by atoms with Gasteiger partial charge in [-0.2, -0.15) is 0 Å². The van der Waals surface area contributed by atoms with Crippen molar-refractivity contribution in [1.29, 1.82) is 0 Å². The normalized spacial score (nSPS) is 9.45. The van der Waals surface area contributed by atoms with Gasteiger partial charge >= 0.3 is 6.55 Å². The lowest BCUT2D eigenvalue weighted by Gasteiger charge is -1.91. The van der Waals surface area contributed by atoms with Crippen LogP contribution in [0, 0.1) is 0 Å². The standard InChI is InChI=1S/C6H5ClF2N.BrH/c7-5-2-1-3-10(4-5)6(8)9;/h1-4,6H;1H/q+1;/p-1. The molecule has 0 unspecified atom stereocenters. The molecule has 0 bridgehead atoms. The minimum absolute atomic E-state index is 0. The third-order valence-corrected chi connectivity index (χ3v) is 1.23. The maximum atomic E-state index is 11.9. The van der Waals surface area contributed by atoms with Crippen molar-refractivity contribution < 1.29 is 30.3 Å². The van der Waals surface area contributed by atoms with E-state index in [1.165, 1.54) is 18.5 Å². The summed E-state index contributed by atoms with van der Waals surface area (Å²) in [7, 11) is 0. The molecule has 1 heterocycles. The molecule has 0 aliphatic carbocycles. The molecule has 0 saturated carbocycles. The van der Waals surface area contributed by atoms with E-state index in [9.17, 15) is 8.78 Å². The first-order valence-corrected chi connectivity index (χ1v) is 3.02. The van der Waals surface area contributed by atoms with E-state index in [1.54, 1.807) is 6.07 Å². The van der Waals surface area contributed by atoms with Crippen LogP contribution in [0.3, 0.4) is 0 Å². The molecule has 0 radical (unpaired) electrons. The van der Waals surface area contributed by atoms with Gasteiger partial charge in [0.05, 0.1) is 0 Å². The van der Waals surface area contributed by atoms with Crippen LogP contribution in [0.25, 0.3) is 0 Å². The third kappa shape index (κ3) is 3.12. The molecule has 0 saturated heterocycles. The Morgan fingerprint density at radius 1 is 1.45 bits per heavy atom. The minimum Gasteiger partial charge on any atom is -1.00 e. The largest absolute Gasteiger partial charge is 1.00 e. The summed E-state index contributed by atoms with van der Waals surface area (Å²) in [6, 6.07) is 3.01. The molecule has 1 nitrogen and oxygen atoms in total. The molecule has 1 rings (SSSR count). The maximum absolute atomic E-state index is 11.9. The van der Waals surface area contributed by atoms with Crippen LogP contribution in [-0.4, -0.2) is 0 Å². The molecule has 0 fully saturated rings. The Morgan fingerprint density at radius 2 is 2.09 bits per heavy atom. The molecule has 1 aromatic heterocycles. The highest BCUT2D eigenvalue weighted by molar-refractivity contribution is 6.30. The van der Waals surface area contributed by atoms with Crippen LogP contribution in [0.4, 0.5) is 8.78 Å². The van der Waals surface area contributed by atoms with Gasteiger partial charge in [0, 0.05) is 6.07 Å². The van der Waals surface area contributed by atoms with E-state index in [-0.39, 0.29) is 17.0 Å². The van der Waals surface area contributed by atoms with Gasteiger partial charge in [-0.1, -0.05) is 11.6 Å². The number of rotatable bonds is 1. The van der Waals surface area contributed by atoms with Crippen molar-refractivity contribution in [1.82, 2.24) is 0 Å². The molecule has 0 aliphatic heterocycles. The smallest absolute Gasteiger partial charge is 0.451 e. The first-order chi connectivity index (χ1) is 4.70. The van der Waals surface area contributed by atoms with Gasteiger partial charge in [0.15, 0.2) is 12.4 Å². The van der Waals surface area contributed by atoms with E-state index in [2.05, 4.69) is 0 Å². The van der Waals surface area contributed by atoms with E-state index < -0.39 is 6.55 Å². The maximum Gasteiger partial charge on any atom is 0.451 e. The Hall–Kier alpha value is -0.220. The number of hydrogen-bond acceptors (Lipinski definition) is 0. The molecule has 0 spiro atoms. The average molecular weight is 244 g/mol. The van der Waals surface area contributed by atoms with Crippen LogP contribution >= 0.6 is 11.6 Å². The molecule has 0 amide bonds. The summed E-state index contributed by atoms with van der Waals surface area (Å²) >= 11 is 5.43. The van der Waals surface area contributed by atoms with Crippen molar-refractivity contribution in [2.45, 2.75) is 6.55 Å². The van der Waals surface area contributed by atoms with Gasteiger partial charge < -0.3 is 17.0 Å². The van der Waals surface area contributed by atoms with E-state index in [0.29, 0.717) is 5.02 Å². The van der Waals surface area contributed by atoms with Crippen molar-refractivity contribution in [3.05, 3.63) is 29.5 Å². The number of hydrogen-bond donors (Lipinski definition) is 0. The van der Waals surface area contributed by atoms with E-state index in [4.69, 9.17) is 11.6 Å². The van der Waals surface area contributed by atoms with Crippen LogP contribution in [0.5, 0.6) is 0 Å². The molecule has 0 atom stereocenters. The first-order valence-electron chi connectivity index (χ1n) is 2.64. The first kappa shape index (κ1) is 10.8. The molecular weight excluding hydrogens is 239 g/mol. The monoisotopic (exact) mass is 243 g/mol. The molecule has 0 N–H and O–H groups in total. The van der Waals surface area contributed by atoms with Gasteiger partial charge in [-0.25, -0.2) is 0 Å². The van der Waals surface area contributed by atoms with Gasteiger partial charge in [-0.05, 0) is 6.07 Å². The number of alkyl halides is 2. The van der Waals surface area contributed by atoms with Crippen molar-refractivity contribution in [3.8, 4) is 0 Å². The second-order valence-electron chi connectivity index (χ2n) is 1.75. The second kappa shape index (κ2) is 4.62. The van der Waals surface area contributed by atoms with Crippen molar-refractivity contribution in [2.75, 3.05) is 0 Å².